The Morgan fingerprint density at radius 1 is 1.33 bits per heavy atom. The molecule has 4 heteroatoms. The van der Waals surface area contributed by atoms with Gasteiger partial charge in [-0.3, -0.25) is 0 Å². The van der Waals surface area contributed by atoms with Gasteiger partial charge in [0.1, 0.15) is 5.82 Å². The maximum absolute atomic E-state index is 5.09. The van der Waals surface area contributed by atoms with Crippen LogP contribution in [0.5, 0.6) is 0 Å². The van der Waals surface area contributed by atoms with Gasteiger partial charge in [-0.2, -0.15) is 0 Å². The maximum Gasteiger partial charge on any atom is 0.130 e. The smallest absolute Gasteiger partial charge is 0.130 e. The van der Waals surface area contributed by atoms with Crippen molar-refractivity contribution in [1.82, 2.24) is 15.3 Å². The molecule has 4 nitrogen and oxygen atoms in total. The lowest BCUT2D eigenvalue weighted by Gasteiger charge is -2.10. The number of hydrogen-bond donors (Lipinski definition) is 1. The van der Waals surface area contributed by atoms with Gasteiger partial charge in [0, 0.05) is 43.8 Å². The van der Waals surface area contributed by atoms with E-state index in [-0.39, 0.29) is 0 Å². The number of nitrogens with one attached hydrogen (secondary N) is 1. The van der Waals surface area contributed by atoms with Crippen LogP contribution in [0.3, 0.4) is 0 Å². The zero-order chi connectivity index (χ0) is 12.4. The van der Waals surface area contributed by atoms with Gasteiger partial charge >= 0.3 is 0 Å². The van der Waals surface area contributed by atoms with Crippen molar-refractivity contribution in [3.63, 3.8) is 0 Å². The first-order valence-electron chi connectivity index (χ1n) is 6.94. The maximum atomic E-state index is 5.09. The first kappa shape index (κ1) is 12.1. The third-order valence-electron chi connectivity index (χ3n) is 3.60. The van der Waals surface area contributed by atoms with Crippen molar-refractivity contribution in [1.29, 1.82) is 0 Å². The molecule has 0 amide bonds. The predicted octanol–water partition coefficient (Wildman–Crippen LogP) is 1.79. The zero-order valence-electron chi connectivity index (χ0n) is 11.0. The Balaban J connectivity index is 1.70. The van der Waals surface area contributed by atoms with Crippen molar-refractivity contribution >= 4 is 0 Å². The minimum Gasteiger partial charge on any atom is -0.384 e. The monoisotopic (exact) mass is 247 g/mol. The largest absolute Gasteiger partial charge is 0.384 e. The fourth-order valence-electron chi connectivity index (χ4n) is 2.16. The third kappa shape index (κ3) is 3.06. The molecule has 0 unspecified atom stereocenters. The number of ether oxygens (including phenoxy) is 1. The fraction of sp³-hybridized carbons (Fsp3) is 0.714. The third-order valence-corrected chi connectivity index (χ3v) is 3.60. The Hall–Kier alpha value is -1.00. The molecule has 18 heavy (non-hydrogen) atoms. The molecule has 1 N–H and O–H groups in total. The van der Waals surface area contributed by atoms with E-state index in [1.807, 2.05) is 6.20 Å². The van der Waals surface area contributed by atoms with E-state index in [0.717, 1.165) is 24.8 Å². The van der Waals surface area contributed by atoms with E-state index in [1.165, 1.54) is 36.9 Å². The van der Waals surface area contributed by atoms with Crippen LogP contribution in [0.2, 0.25) is 0 Å². The highest BCUT2D eigenvalue weighted by molar-refractivity contribution is 5.25. The molecule has 0 spiro atoms. The molecule has 0 saturated heterocycles. The summed E-state index contributed by atoms with van der Waals surface area (Å²) in [5, 5.41) is 3.55. The molecule has 98 valence electrons. The highest BCUT2D eigenvalue weighted by Crippen LogP contribution is 2.40. The average molecular weight is 247 g/mol. The Kier molecular flexibility index (Phi) is 3.57. The Bertz CT molecular complexity index is 414. The molecular weight excluding hydrogens is 226 g/mol. The summed E-state index contributed by atoms with van der Waals surface area (Å²) >= 11 is 0. The van der Waals surface area contributed by atoms with E-state index in [4.69, 9.17) is 9.72 Å². The number of methoxy groups -OCH3 is 1. The minimum atomic E-state index is 0.685. The molecule has 0 atom stereocenters. The molecule has 0 radical (unpaired) electrons. The van der Waals surface area contributed by atoms with Gasteiger partial charge in [-0.25, -0.2) is 9.97 Å². The summed E-state index contributed by atoms with van der Waals surface area (Å²) in [6.45, 7) is 1.63. The van der Waals surface area contributed by atoms with Gasteiger partial charge in [0.15, 0.2) is 0 Å². The molecule has 2 aliphatic rings. The number of aromatic nitrogens is 2. The van der Waals surface area contributed by atoms with Gasteiger partial charge in [0.05, 0.1) is 12.3 Å². The highest BCUT2D eigenvalue weighted by Gasteiger charge is 2.29. The summed E-state index contributed by atoms with van der Waals surface area (Å²) in [5.41, 5.74) is 2.58. The van der Waals surface area contributed by atoms with Crippen molar-refractivity contribution in [3.8, 4) is 0 Å². The van der Waals surface area contributed by atoms with Gasteiger partial charge in [-0.05, 0) is 25.7 Å². The molecule has 3 rings (SSSR count). The van der Waals surface area contributed by atoms with Crippen molar-refractivity contribution < 1.29 is 4.74 Å². The summed E-state index contributed by atoms with van der Waals surface area (Å²) < 4.78 is 5.09. The second-order valence-corrected chi connectivity index (χ2v) is 5.37. The van der Waals surface area contributed by atoms with Crippen molar-refractivity contribution in [2.24, 2.45) is 0 Å². The SMILES string of the molecule is COCCc1ncc(CNC2CC2)c(C2CC2)n1. The summed E-state index contributed by atoms with van der Waals surface area (Å²) in [7, 11) is 1.72. The zero-order valence-corrected chi connectivity index (χ0v) is 11.0. The lowest BCUT2D eigenvalue weighted by Crippen LogP contribution is -2.18. The Morgan fingerprint density at radius 3 is 2.83 bits per heavy atom. The van der Waals surface area contributed by atoms with Crippen LogP contribution in [0, 0.1) is 0 Å². The van der Waals surface area contributed by atoms with Crippen LogP contribution in [0.4, 0.5) is 0 Å². The molecule has 1 heterocycles. The van der Waals surface area contributed by atoms with Gasteiger partial charge in [0.2, 0.25) is 0 Å². The van der Waals surface area contributed by atoms with Crippen LogP contribution in [-0.2, 0) is 17.7 Å². The topological polar surface area (TPSA) is 47.0 Å². The van der Waals surface area contributed by atoms with E-state index in [9.17, 15) is 0 Å². The fourth-order valence-corrected chi connectivity index (χ4v) is 2.16. The Labute approximate surface area is 108 Å². The number of hydrogen-bond acceptors (Lipinski definition) is 4. The van der Waals surface area contributed by atoms with Crippen molar-refractivity contribution in [2.75, 3.05) is 13.7 Å². The van der Waals surface area contributed by atoms with Crippen LogP contribution in [0.1, 0.15) is 48.7 Å². The normalized spacial score (nSPS) is 19.2. The molecule has 2 saturated carbocycles. The molecule has 1 aromatic heterocycles. The first-order valence-corrected chi connectivity index (χ1v) is 6.94. The standard InChI is InChI=1S/C14H21N3O/c1-18-7-6-13-16-9-11(8-15-12-4-5-12)14(17-13)10-2-3-10/h9-10,12,15H,2-8H2,1H3. The average Bonchev–Trinajstić information content (AvgIpc) is 3.28. The second-order valence-electron chi connectivity index (χ2n) is 5.37. The van der Waals surface area contributed by atoms with E-state index in [0.29, 0.717) is 12.5 Å². The molecule has 2 aliphatic carbocycles. The lowest BCUT2D eigenvalue weighted by molar-refractivity contribution is 0.200. The van der Waals surface area contributed by atoms with Gasteiger partial charge in [-0.1, -0.05) is 0 Å². The summed E-state index contributed by atoms with van der Waals surface area (Å²) in [6, 6.07) is 0.741. The number of rotatable bonds is 7. The lowest BCUT2D eigenvalue weighted by atomic mass is 10.1. The minimum absolute atomic E-state index is 0.685. The molecule has 0 aliphatic heterocycles. The predicted molar refractivity (Wildman–Crippen MR) is 69.4 cm³/mol. The van der Waals surface area contributed by atoms with Crippen molar-refractivity contribution in [3.05, 3.63) is 23.3 Å². The van der Waals surface area contributed by atoms with Crippen LogP contribution in [0.15, 0.2) is 6.20 Å². The highest BCUT2D eigenvalue weighted by atomic mass is 16.5. The number of nitrogens with zero attached hydrogens (tertiary/aromatic N) is 2. The van der Waals surface area contributed by atoms with E-state index in [2.05, 4.69) is 10.3 Å². The first-order chi connectivity index (χ1) is 8.86. The summed E-state index contributed by atoms with van der Waals surface area (Å²) in [6.07, 6.45) is 8.05. The Morgan fingerprint density at radius 2 is 2.17 bits per heavy atom. The van der Waals surface area contributed by atoms with Crippen LogP contribution in [0.25, 0.3) is 0 Å². The molecule has 1 aromatic rings. The second kappa shape index (κ2) is 5.33. The summed E-state index contributed by atoms with van der Waals surface area (Å²) in [5.74, 6) is 1.61. The molecular formula is C14H21N3O. The van der Waals surface area contributed by atoms with Gasteiger partial charge < -0.3 is 10.1 Å². The van der Waals surface area contributed by atoms with Crippen molar-refractivity contribution in [2.45, 2.75) is 50.6 Å². The van der Waals surface area contributed by atoms with Gasteiger partial charge in [-0.15, -0.1) is 0 Å². The van der Waals surface area contributed by atoms with Crippen LogP contribution < -0.4 is 5.32 Å². The van der Waals surface area contributed by atoms with Crippen LogP contribution >= 0.6 is 0 Å². The summed E-state index contributed by atoms with van der Waals surface area (Å²) in [4.78, 5) is 9.19. The van der Waals surface area contributed by atoms with E-state index >= 15 is 0 Å². The van der Waals surface area contributed by atoms with E-state index < -0.39 is 0 Å². The molecule has 0 bridgehead atoms. The molecule has 0 aromatic carbocycles. The van der Waals surface area contributed by atoms with Crippen LogP contribution in [-0.4, -0.2) is 29.7 Å². The quantitative estimate of drug-likeness (QED) is 0.798. The molecule has 2 fully saturated rings. The van der Waals surface area contributed by atoms with Gasteiger partial charge in [0.25, 0.3) is 0 Å². The van der Waals surface area contributed by atoms with E-state index in [1.54, 1.807) is 7.11 Å².